The number of ketones is 2. The highest BCUT2D eigenvalue weighted by Crippen LogP contribution is 2.21. The first-order chi connectivity index (χ1) is 50.1. The van der Waals surface area contributed by atoms with Crippen molar-refractivity contribution in [2.75, 3.05) is 65.0 Å². The Kier molecular flexibility index (Phi) is 46.8. The Morgan fingerprint density at radius 3 is 1.42 bits per heavy atom. The number of nitrogens with one attached hydrogen (secondary N) is 12. The van der Waals surface area contributed by atoms with Crippen LogP contribution in [0.1, 0.15) is 138 Å². The molecule has 2 unspecified atom stereocenters. The predicted molar refractivity (Wildman–Crippen MR) is 394 cm³/mol. The van der Waals surface area contributed by atoms with Crippen molar-refractivity contribution < 1.29 is 96.8 Å². The fourth-order valence-corrected chi connectivity index (χ4v) is 11.5. The summed E-state index contributed by atoms with van der Waals surface area (Å²) >= 11 is 1.32. The van der Waals surface area contributed by atoms with E-state index < -0.39 is 218 Å². The number of primary amides is 2. The molecule has 0 aromatic carbocycles. The number of aliphatic imine (C=N–C) groups is 2. The SMILES string of the molecule is C.C.CN[C@@H](CC(N)=O)C(=O)C(=O)[C@H](CO)NC(=O)C(CC(N)=O)NC(=O)[C@H](C)NN[C@@H](CO)C(=O)N1CCC[C@H]1C(=O)N[C@@H](C)C(=O)N[C@@H](CCSC)C(=O)NC(C)C(=O)N1CCC[C@H]1C(=O)N[C@@H](CCCN=C(N)N)C(=O)N[C@@H](CCC(=O)O)C(=O)N[C@@H](CCCN=C(N)N)C(=O)N[C@H](C=O)CCCCN. The number of carbonyl (C=O) groups excluding carboxylic acids is 16. The molecule has 108 heavy (non-hydrogen) atoms. The van der Waals surface area contributed by atoms with Crippen molar-refractivity contribution >= 4 is 124 Å². The number of hydrazine groups is 1. The third-order valence-electron chi connectivity index (χ3n) is 16.8. The number of unbranched alkanes of at least 4 members (excludes halogenated alkanes) is 1. The summed E-state index contributed by atoms with van der Waals surface area (Å²) in [4.78, 5) is 236. The van der Waals surface area contributed by atoms with Gasteiger partial charge in [0.05, 0.1) is 37.8 Å². The summed E-state index contributed by atoms with van der Waals surface area (Å²) in [6.07, 6.45) is 1.65. The predicted octanol–water partition coefficient (Wildman–Crippen LogP) is -9.99. The van der Waals surface area contributed by atoms with Crippen LogP contribution in [-0.2, 0) is 81.5 Å². The van der Waals surface area contributed by atoms with Crippen LogP contribution in [0.2, 0.25) is 0 Å². The number of thioether (sulfide) groups is 1. The van der Waals surface area contributed by atoms with Gasteiger partial charge in [-0.05, 0) is 130 Å². The second-order valence-corrected chi connectivity index (χ2v) is 26.2. The summed E-state index contributed by atoms with van der Waals surface area (Å²) in [6, 6.07) is -19.8. The lowest BCUT2D eigenvalue weighted by Crippen LogP contribution is -2.61. The van der Waals surface area contributed by atoms with Crippen molar-refractivity contribution in [2.45, 2.75) is 223 Å². The molecule has 0 saturated carbocycles. The number of guanidine groups is 2. The van der Waals surface area contributed by atoms with E-state index in [0.717, 1.165) is 4.90 Å². The molecule has 2 fully saturated rings. The molecule has 29 N–H and O–H groups in total. The highest BCUT2D eigenvalue weighted by atomic mass is 32.2. The standard InChI is InChI=1S/C62H107N23O20S.2CH4/c1-31(73-57(102)43-15-11-24-85(43)60(105)42(30-88)83-82-32(2)51(96)80-40(27-46(65)90)56(101)81-41(29-87)49(94)48(93)39(70-4)26-45(64)89)50(95)76-38(19-25-106-5)52(97)74-33(3)59(104)84-23-10-16-44(84)58(103)79-36(14-9-22-72-62(68)69)54(99)78-37(17-18-47(91)92)55(100)77-35(13-8-21-71-61(66)67)53(98)75-34(28-86)12-6-7-20-63;;/h28,31-44,70,82-83,87-88H,6-27,29-30,63H2,1-5H3,(H2,64,89)(H2,65,90)(H,73,102)(H,74,97)(H,75,98)(H,76,95)(H,77,100)(H,78,99)(H,79,103)(H,80,96)(H,81,101)(H,91,92)(H4,66,67,71)(H4,68,69,72);2*1H4/t31-,32-,33?,34-,35-,36-,37-,38-,39-,40?,41-,42-,43-,44-;;/m0../s1. The van der Waals surface area contributed by atoms with Crippen molar-refractivity contribution in [3.8, 4) is 0 Å². The molecule has 0 spiro atoms. The van der Waals surface area contributed by atoms with Gasteiger partial charge < -0.3 is 123 Å². The zero-order valence-electron chi connectivity index (χ0n) is 60.2. The Bertz CT molecular complexity index is 3130. The molecule has 0 aromatic heterocycles. The van der Waals surface area contributed by atoms with Crippen molar-refractivity contribution in [3.05, 3.63) is 0 Å². The number of aliphatic carboxylic acids is 1. The zero-order chi connectivity index (χ0) is 79.9. The first-order valence-corrected chi connectivity index (χ1v) is 35.8. The molecule has 44 heteroatoms. The fraction of sp³-hybridized carbons (Fsp3) is 0.703. The van der Waals surface area contributed by atoms with Gasteiger partial charge in [0, 0.05) is 39.0 Å². The number of nitrogens with two attached hydrogens (primary N) is 7. The van der Waals surface area contributed by atoms with E-state index in [1.54, 1.807) is 6.26 Å². The highest BCUT2D eigenvalue weighted by molar-refractivity contribution is 7.98. The summed E-state index contributed by atoms with van der Waals surface area (Å²) in [6.45, 7) is 2.19. The van der Waals surface area contributed by atoms with Crippen LogP contribution < -0.4 is 104 Å². The summed E-state index contributed by atoms with van der Waals surface area (Å²) in [7, 11) is 1.25. The maximum atomic E-state index is 14.3. The average molecular weight is 1560 g/mol. The van der Waals surface area contributed by atoms with Gasteiger partial charge in [-0.3, -0.25) is 86.7 Å². The molecular weight excluding hydrogens is 1440 g/mol. The second-order valence-electron chi connectivity index (χ2n) is 25.2. The van der Waals surface area contributed by atoms with Gasteiger partial charge in [-0.2, -0.15) is 11.8 Å². The number of rotatable bonds is 52. The van der Waals surface area contributed by atoms with Crippen LogP contribution >= 0.6 is 11.8 Å². The third kappa shape index (κ3) is 34.4. The van der Waals surface area contributed by atoms with E-state index >= 15 is 0 Å². The minimum Gasteiger partial charge on any atom is -0.481 e. The third-order valence-corrected chi connectivity index (χ3v) is 17.5. The van der Waals surface area contributed by atoms with Crippen molar-refractivity contribution in [2.24, 2.45) is 50.1 Å². The number of nitrogens with zero attached hydrogens (tertiary/aromatic N) is 4. The van der Waals surface area contributed by atoms with E-state index in [2.05, 4.69) is 74.0 Å². The molecule has 612 valence electrons. The number of carbonyl (C=O) groups is 17. The first kappa shape index (κ1) is 98.2. The largest absolute Gasteiger partial charge is 0.481 e. The molecule has 13 amide bonds. The molecule has 2 saturated heterocycles. The molecule has 14 atom stereocenters. The number of likely N-dealkylation sites (tertiary alicyclic amines) is 2. The van der Waals surface area contributed by atoms with Crippen molar-refractivity contribution in [1.29, 1.82) is 0 Å². The van der Waals surface area contributed by atoms with Gasteiger partial charge in [0.1, 0.15) is 72.7 Å². The Morgan fingerprint density at radius 1 is 0.491 bits per heavy atom. The zero-order valence-corrected chi connectivity index (χ0v) is 61.0. The Hall–Kier alpha value is -9.76. The van der Waals surface area contributed by atoms with Gasteiger partial charge in [-0.25, -0.2) is 10.9 Å². The number of Topliss-reactive ketones (excluding diaryl/α,β-unsaturated/α-hetero) is 2. The van der Waals surface area contributed by atoms with Crippen molar-refractivity contribution in [3.63, 3.8) is 0 Å². The minimum atomic E-state index is -1.90. The van der Waals surface area contributed by atoms with E-state index in [9.17, 15) is 96.8 Å². The summed E-state index contributed by atoms with van der Waals surface area (Å²) in [5.41, 5.74) is 42.9. The van der Waals surface area contributed by atoms with Crippen molar-refractivity contribution in [1.82, 2.24) is 73.8 Å². The van der Waals surface area contributed by atoms with E-state index in [0.29, 0.717) is 31.4 Å². The van der Waals surface area contributed by atoms with E-state index in [-0.39, 0.29) is 117 Å². The number of hydrogen-bond donors (Lipinski definition) is 22. The monoisotopic (exact) mass is 1560 g/mol. The van der Waals surface area contributed by atoms with Crippen LogP contribution in [0.4, 0.5) is 0 Å². The van der Waals surface area contributed by atoms with Gasteiger partial charge in [-0.15, -0.1) is 0 Å². The molecule has 0 aliphatic carbocycles. The van der Waals surface area contributed by atoms with Crippen LogP contribution in [-0.4, -0.2) is 287 Å². The fourth-order valence-electron chi connectivity index (χ4n) is 11.0. The van der Waals surface area contributed by atoms with Crippen LogP contribution in [0.3, 0.4) is 0 Å². The molecule has 0 bridgehead atoms. The van der Waals surface area contributed by atoms with Crippen LogP contribution in [0.25, 0.3) is 0 Å². The topological polar surface area (TPSA) is 709 Å². The van der Waals surface area contributed by atoms with E-state index in [4.69, 9.17) is 40.1 Å². The first-order valence-electron chi connectivity index (χ1n) is 34.5. The lowest BCUT2D eigenvalue weighted by molar-refractivity contribution is -0.142. The Labute approximate surface area is 630 Å². The Balaban J connectivity index is 0.0000572. The summed E-state index contributed by atoms with van der Waals surface area (Å²) in [5.74, 6) is -16.1. The molecule has 2 rings (SSSR count). The molecule has 0 aromatic rings. The molecule has 43 nitrogen and oxygen atoms in total. The number of likely N-dealkylation sites (N-methyl/N-ethyl adjacent to an activating group) is 1. The highest BCUT2D eigenvalue weighted by Gasteiger charge is 2.42. The quantitative estimate of drug-likeness (QED) is 0.00671. The van der Waals surface area contributed by atoms with E-state index in [1.165, 1.54) is 44.5 Å². The second kappa shape index (κ2) is 51.5. The maximum Gasteiger partial charge on any atom is 0.303 e. The molecular formula is C64H115N23O20S. The van der Waals surface area contributed by atoms with Crippen LogP contribution in [0.5, 0.6) is 0 Å². The summed E-state index contributed by atoms with van der Waals surface area (Å²) in [5, 5.41) is 54.5. The lowest BCUT2D eigenvalue weighted by Gasteiger charge is -2.30. The van der Waals surface area contributed by atoms with Gasteiger partial charge in [0.2, 0.25) is 88.4 Å². The van der Waals surface area contributed by atoms with E-state index in [1.807, 2.05) is 0 Å². The molecule has 0 radical (unpaired) electrons. The smallest absolute Gasteiger partial charge is 0.303 e. The number of aldehydes is 1. The Morgan fingerprint density at radius 2 is 0.926 bits per heavy atom. The molecule has 2 heterocycles. The average Bonchev–Trinajstić information content (AvgIpc) is 1.58. The number of hydrogen-bond acceptors (Lipinski definition) is 26. The normalized spacial score (nSPS) is 17.0. The van der Waals surface area contributed by atoms with Gasteiger partial charge in [0.25, 0.3) is 0 Å². The number of carboxylic acid groups (broad SMARTS) is 1. The number of amides is 13. The van der Waals surface area contributed by atoms with Crippen LogP contribution in [0, 0.1) is 0 Å². The number of carboxylic acids is 1. The maximum absolute atomic E-state index is 14.3. The number of aliphatic hydroxyl groups excluding tert-OH is 2. The number of aliphatic hydroxyl groups is 2. The van der Waals surface area contributed by atoms with Gasteiger partial charge >= 0.3 is 5.97 Å². The minimum absolute atomic E-state index is 0. The lowest BCUT2D eigenvalue weighted by atomic mass is 10.00. The summed E-state index contributed by atoms with van der Waals surface area (Å²) < 4.78 is 0. The molecule has 2 aliphatic heterocycles. The molecule has 2 aliphatic rings. The van der Waals surface area contributed by atoms with Gasteiger partial charge in [-0.1, -0.05) is 14.9 Å². The van der Waals surface area contributed by atoms with Gasteiger partial charge in [0.15, 0.2) is 11.9 Å². The van der Waals surface area contributed by atoms with Crippen LogP contribution in [0.15, 0.2) is 9.98 Å².